The van der Waals surface area contributed by atoms with Crippen molar-refractivity contribution in [1.82, 2.24) is 10.6 Å². The van der Waals surface area contributed by atoms with Gasteiger partial charge in [-0.15, -0.1) is 0 Å². The smallest absolute Gasteiger partial charge is 0.307 e. The monoisotopic (exact) mass is 240 g/mol. The van der Waals surface area contributed by atoms with Gasteiger partial charge >= 0.3 is 5.97 Å². The molecule has 2 N–H and O–H groups in total. The standard InChI is InChI=1S/C12H20N2O3/c1-2-17-11(15)7-10-12(16)14-9-6-4-3-5-8(9)13-10/h8-10,13H,2-7H2,1H3,(H,14,16)/t8-,9+,10-/m1/s1. The summed E-state index contributed by atoms with van der Waals surface area (Å²) < 4.78 is 4.87. The Bertz CT molecular complexity index is 306. The zero-order valence-corrected chi connectivity index (χ0v) is 10.2. The molecule has 1 saturated heterocycles. The van der Waals surface area contributed by atoms with E-state index in [1.54, 1.807) is 6.92 Å². The molecule has 1 saturated carbocycles. The Labute approximate surface area is 101 Å². The van der Waals surface area contributed by atoms with Crippen LogP contribution in [0.25, 0.3) is 0 Å². The molecule has 0 aromatic carbocycles. The van der Waals surface area contributed by atoms with Gasteiger partial charge in [0, 0.05) is 12.1 Å². The van der Waals surface area contributed by atoms with Crippen LogP contribution in [0, 0.1) is 0 Å². The SMILES string of the molecule is CCOC(=O)C[C@H]1N[C@@H]2CCCC[C@@H]2NC1=O. The lowest BCUT2D eigenvalue weighted by atomic mass is 9.87. The third kappa shape index (κ3) is 2.97. The van der Waals surface area contributed by atoms with Crippen molar-refractivity contribution in [2.45, 2.75) is 57.2 Å². The molecule has 17 heavy (non-hydrogen) atoms. The highest BCUT2D eigenvalue weighted by Crippen LogP contribution is 2.22. The summed E-state index contributed by atoms with van der Waals surface area (Å²) in [6.45, 7) is 2.13. The molecular formula is C12H20N2O3. The van der Waals surface area contributed by atoms with Gasteiger partial charge in [0.15, 0.2) is 0 Å². The fraction of sp³-hybridized carbons (Fsp3) is 0.833. The summed E-state index contributed by atoms with van der Waals surface area (Å²) in [5.74, 6) is -0.379. The van der Waals surface area contributed by atoms with Crippen molar-refractivity contribution >= 4 is 11.9 Å². The Balaban J connectivity index is 1.90. The van der Waals surface area contributed by atoms with Crippen LogP contribution in [0.15, 0.2) is 0 Å². The van der Waals surface area contributed by atoms with E-state index >= 15 is 0 Å². The van der Waals surface area contributed by atoms with E-state index in [0.29, 0.717) is 12.6 Å². The van der Waals surface area contributed by atoms with Gasteiger partial charge in [-0.25, -0.2) is 0 Å². The third-order valence-corrected chi connectivity index (χ3v) is 3.50. The first-order chi connectivity index (χ1) is 8.20. The van der Waals surface area contributed by atoms with Crippen LogP contribution < -0.4 is 10.6 Å². The predicted molar refractivity (Wildman–Crippen MR) is 62.4 cm³/mol. The van der Waals surface area contributed by atoms with Crippen LogP contribution in [-0.2, 0) is 14.3 Å². The lowest BCUT2D eigenvalue weighted by molar-refractivity contribution is -0.146. The van der Waals surface area contributed by atoms with Gasteiger partial charge in [-0.2, -0.15) is 0 Å². The molecule has 5 heteroatoms. The number of hydrogen-bond donors (Lipinski definition) is 2. The Hall–Kier alpha value is -1.10. The topological polar surface area (TPSA) is 67.4 Å². The van der Waals surface area contributed by atoms with Crippen molar-refractivity contribution in [2.75, 3.05) is 6.61 Å². The van der Waals surface area contributed by atoms with E-state index in [2.05, 4.69) is 10.6 Å². The Morgan fingerprint density at radius 1 is 1.35 bits per heavy atom. The summed E-state index contributed by atoms with van der Waals surface area (Å²) in [6, 6.07) is 0.143. The Kier molecular flexibility index (Phi) is 3.99. The molecule has 2 rings (SSSR count). The van der Waals surface area contributed by atoms with E-state index in [-0.39, 0.29) is 24.3 Å². The van der Waals surface area contributed by atoms with Crippen molar-refractivity contribution in [3.8, 4) is 0 Å². The molecule has 96 valence electrons. The zero-order valence-electron chi connectivity index (χ0n) is 10.2. The predicted octanol–water partition coefficient (Wildman–Crippen LogP) is 0.339. The lowest BCUT2D eigenvalue weighted by Gasteiger charge is -2.40. The molecule has 2 fully saturated rings. The van der Waals surface area contributed by atoms with E-state index in [1.165, 1.54) is 12.8 Å². The number of ether oxygens (including phenoxy) is 1. The molecular weight excluding hydrogens is 220 g/mol. The number of esters is 1. The maximum atomic E-state index is 11.8. The zero-order chi connectivity index (χ0) is 12.3. The van der Waals surface area contributed by atoms with E-state index in [4.69, 9.17) is 4.74 Å². The van der Waals surface area contributed by atoms with Crippen LogP contribution in [0.3, 0.4) is 0 Å². The molecule has 0 bridgehead atoms. The molecule has 2 aliphatic rings. The minimum Gasteiger partial charge on any atom is -0.466 e. The van der Waals surface area contributed by atoms with Gasteiger partial charge in [0.1, 0.15) is 0 Å². The van der Waals surface area contributed by atoms with Gasteiger partial charge in [-0.05, 0) is 19.8 Å². The Morgan fingerprint density at radius 2 is 2.06 bits per heavy atom. The molecule has 3 atom stereocenters. The van der Waals surface area contributed by atoms with E-state index in [1.807, 2.05) is 0 Å². The normalized spacial score (nSPS) is 32.5. The first-order valence-corrected chi connectivity index (χ1v) is 6.42. The molecule has 1 aliphatic heterocycles. The fourth-order valence-electron chi connectivity index (χ4n) is 2.66. The van der Waals surface area contributed by atoms with Gasteiger partial charge in [-0.1, -0.05) is 12.8 Å². The molecule has 0 aromatic heterocycles. The van der Waals surface area contributed by atoms with Crippen molar-refractivity contribution in [3.63, 3.8) is 0 Å². The third-order valence-electron chi connectivity index (χ3n) is 3.50. The maximum Gasteiger partial charge on any atom is 0.307 e. The number of piperazine rings is 1. The quantitative estimate of drug-likeness (QED) is 0.698. The first-order valence-electron chi connectivity index (χ1n) is 6.42. The largest absolute Gasteiger partial charge is 0.466 e. The average molecular weight is 240 g/mol. The molecule has 1 amide bonds. The highest BCUT2D eigenvalue weighted by molar-refractivity contribution is 5.87. The van der Waals surface area contributed by atoms with Gasteiger partial charge in [0.05, 0.1) is 19.1 Å². The van der Waals surface area contributed by atoms with Crippen LogP contribution >= 0.6 is 0 Å². The average Bonchev–Trinajstić information content (AvgIpc) is 2.30. The van der Waals surface area contributed by atoms with E-state index in [0.717, 1.165) is 12.8 Å². The molecule has 5 nitrogen and oxygen atoms in total. The van der Waals surface area contributed by atoms with Gasteiger partial charge in [0.25, 0.3) is 0 Å². The summed E-state index contributed by atoms with van der Waals surface area (Å²) in [6.07, 6.45) is 4.60. The second kappa shape index (κ2) is 5.49. The number of carbonyl (C=O) groups is 2. The van der Waals surface area contributed by atoms with Crippen LogP contribution in [0.5, 0.6) is 0 Å². The second-order valence-corrected chi connectivity index (χ2v) is 4.73. The minimum absolute atomic E-state index is 0.0683. The van der Waals surface area contributed by atoms with Crippen LogP contribution in [0.4, 0.5) is 0 Å². The highest BCUT2D eigenvalue weighted by Gasteiger charge is 2.37. The number of hydrogen-bond acceptors (Lipinski definition) is 4. The minimum atomic E-state index is -0.423. The maximum absolute atomic E-state index is 11.8. The van der Waals surface area contributed by atoms with Crippen LogP contribution in [0.1, 0.15) is 39.0 Å². The number of fused-ring (bicyclic) bond motifs is 1. The molecule has 0 unspecified atom stereocenters. The first kappa shape index (κ1) is 12.4. The molecule has 0 spiro atoms. The highest BCUT2D eigenvalue weighted by atomic mass is 16.5. The van der Waals surface area contributed by atoms with Gasteiger partial charge in [-0.3, -0.25) is 9.59 Å². The van der Waals surface area contributed by atoms with Crippen molar-refractivity contribution in [3.05, 3.63) is 0 Å². The summed E-state index contributed by atoms with van der Waals surface area (Å²) >= 11 is 0. The van der Waals surface area contributed by atoms with Crippen molar-refractivity contribution < 1.29 is 14.3 Å². The van der Waals surface area contributed by atoms with Gasteiger partial charge in [0.2, 0.25) is 5.91 Å². The number of carbonyl (C=O) groups excluding carboxylic acids is 2. The molecule has 1 heterocycles. The van der Waals surface area contributed by atoms with E-state index in [9.17, 15) is 9.59 Å². The van der Waals surface area contributed by atoms with Crippen LogP contribution in [0.2, 0.25) is 0 Å². The number of amides is 1. The van der Waals surface area contributed by atoms with Crippen LogP contribution in [-0.4, -0.2) is 36.6 Å². The number of rotatable bonds is 3. The summed E-state index contributed by atoms with van der Waals surface area (Å²) in [5.41, 5.74) is 0. The summed E-state index contributed by atoms with van der Waals surface area (Å²) in [4.78, 5) is 23.2. The van der Waals surface area contributed by atoms with Crippen molar-refractivity contribution in [1.29, 1.82) is 0 Å². The Morgan fingerprint density at radius 3 is 2.76 bits per heavy atom. The molecule has 0 aromatic rings. The lowest BCUT2D eigenvalue weighted by Crippen LogP contribution is -2.65. The summed E-state index contributed by atoms with van der Waals surface area (Å²) in [7, 11) is 0. The fourth-order valence-corrected chi connectivity index (χ4v) is 2.66. The second-order valence-electron chi connectivity index (χ2n) is 4.73. The molecule has 0 radical (unpaired) electrons. The van der Waals surface area contributed by atoms with E-state index < -0.39 is 6.04 Å². The van der Waals surface area contributed by atoms with Gasteiger partial charge < -0.3 is 15.4 Å². The molecule has 1 aliphatic carbocycles. The van der Waals surface area contributed by atoms with Crippen molar-refractivity contribution in [2.24, 2.45) is 0 Å². The summed E-state index contributed by atoms with van der Waals surface area (Å²) in [5, 5.41) is 6.29. The number of nitrogens with one attached hydrogen (secondary N) is 2.